The van der Waals surface area contributed by atoms with E-state index in [9.17, 15) is 4.79 Å². The quantitative estimate of drug-likeness (QED) is 0.602. The molecule has 0 fully saturated rings. The van der Waals surface area contributed by atoms with E-state index < -0.39 is 0 Å². The fourth-order valence-corrected chi connectivity index (χ4v) is 2.20. The molecule has 0 amide bonds. The van der Waals surface area contributed by atoms with Gasteiger partial charge >= 0.3 is 0 Å². The molecule has 1 rings (SSSR count). The zero-order chi connectivity index (χ0) is 7.56. The fourth-order valence-electron chi connectivity index (χ4n) is 1.15. The summed E-state index contributed by atoms with van der Waals surface area (Å²) in [7, 11) is 0. The molecular weight excluding hydrogens is 168 g/mol. The van der Waals surface area contributed by atoms with Gasteiger partial charge in [-0.3, -0.25) is 4.79 Å². The van der Waals surface area contributed by atoms with E-state index in [4.69, 9.17) is 11.6 Å². The molecule has 1 aliphatic rings. The van der Waals surface area contributed by atoms with Crippen LogP contribution in [0.15, 0.2) is 10.5 Å². The van der Waals surface area contributed by atoms with Crippen LogP contribution in [0.4, 0.5) is 0 Å². The molecule has 0 unspecified atom stereocenters. The van der Waals surface area contributed by atoms with Crippen LogP contribution < -0.4 is 0 Å². The monoisotopic (exact) mass is 176 g/mol. The molecule has 3 heteroatoms. The van der Waals surface area contributed by atoms with E-state index in [1.165, 1.54) is 4.91 Å². The van der Waals surface area contributed by atoms with Crippen LogP contribution in [-0.4, -0.2) is 11.5 Å². The van der Waals surface area contributed by atoms with E-state index in [2.05, 4.69) is 0 Å². The lowest BCUT2D eigenvalue weighted by Crippen LogP contribution is -1.90. The van der Waals surface area contributed by atoms with E-state index in [1.54, 1.807) is 11.8 Å². The molecule has 0 aromatic heterocycles. The van der Waals surface area contributed by atoms with Crippen LogP contribution >= 0.6 is 23.4 Å². The lowest BCUT2D eigenvalue weighted by Gasteiger charge is -1.96. The Morgan fingerprint density at radius 2 is 2.30 bits per heavy atom. The third-order valence-electron chi connectivity index (χ3n) is 1.65. The van der Waals surface area contributed by atoms with Crippen LogP contribution in [0.3, 0.4) is 0 Å². The van der Waals surface area contributed by atoms with Crippen molar-refractivity contribution in [1.29, 1.82) is 0 Å². The lowest BCUT2D eigenvalue weighted by atomic mass is 10.3. The minimum atomic E-state index is -0.262. The van der Waals surface area contributed by atoms with Crippen molar-refractivity contribution in [2.24, 2.45) is 0 Å². The van der Waals surface area contributed by atoms with Crippen LogP contribution in [-0.2, 0) is 4.79 Å². The van der Waals surface area contributed by atoms with Crippen molar-refractivity contribution < 1.29 is 4.79 Å². The van der Waals surface area contributed by atoms with E-state index in [-0.39, 0.29) is 5.24 Å². The van der Waals surface area contributed by atoms with E-state index in [0.717, 1.165) is 24.8 Å². The maximum absolute atomic E-state index is 10.7. The van der Waals surface area contributed by atoms with Gasteiger partial charge in [0.25, 0.3) is 0 Å². The molecule has 10 heavy (non-hydrogen) atoms. The Labute approximate surface area is 69.8 Å². The van der Waals surface area contributed by atoms with Crippen molar-refractivity contribution >= 4 is 28.6 Å². The topological polar surface area (TPSA) is 17.1 Å². The second-order valence-corrected chi connectivity index (χ2v) is 3.48. The number of hydrogen-bond donors (Lipinski definition) is 0. The molecule has 0 heterocycles. The number of rotatable bonds is 2. The van der Waals surface area contributed by atoms with E-state index >= 15 is 0 Å². The Kier molecular flexibility index (Phi) is 2.81. The standard InChI is InChI=1S/C7H9ClOS/c1-10-6-4-2-3-5(6)7(8)9/h2-4H2,1H3. The van der Waals surface area contributed by atoms with Gasteiger partial charge in [-0.05, 0) is 42.0 Å². The molecule has 0 aliphatic heterocycles. The number of halogens is 1. The number of hydrogen-bond acceptors (Lipinski definition) is 2. The van der Waals surface area contributed by atoms with Crippen LogP contribution in [0.5, 0.6) is 0 Å². The molecule has 1 nitrogen and oxygen atoms in total. The van der Waals surface area contributed by atoms with Gasteiger partial charge in [-0.2, -0.15) is 0 Å². The molecule has 0 spiro atoms. The summed E-state index contributed by atoms with van der Waals surface area (Å²) < 4.78 is 0. The maximum Gasteiger partial charge on any atom is 0.249 e. The van der Waals surface area contributed by atoms with Gasteiger partial charge in [0.15, 0.2) is 0 Å². The summed E-state index contributed by atoms with van der Waals surface area (Å²) in [6.45, 7) is 0. The van der Waals surface area contributed by atoms with Gasteiger partial charge in [-0.15, -0.1) is 11.8 Å². The second kappa shape index (κ2) is 3.44. The van der Waals surface area contributed by atoms with Gasteiger partial charge in [0.2, 0.25) is 5.24 Å². The minimum Gasteiger partial charge on any atom is -0.276 e. The first kappa shape index (κ1) is 8.15. The van der Waals surface area contributed by atoms with Crippen LogP contribution in [0.25, 0.3) is 0 Å². The van der Waals surface area contributed by atoms with Crippen molar-refractivity contribution in [2.45, 2.75) is 19.3 Å². The Bertz CT molecular complexity index is 186. The van der Waals surface area contributed by atoms with Gasteiger partial charge in [-0.25, -0.2) is 0 Å². The lowest BCUT2D eigenvalue weighted by molar-refractivity contribution is -0.108. The first-order chi connectivity index (χ1) is 4.75. The fraction of sp³-hybridized carbons (Fsp3) is 0.571. The molecule has 0 radical (unpaired) electrons. The zero-order valence-electron chi connectivity index (χ0n) is 5.82. The highest BCUT2D eigenvalue weighted by Gasteiger charge is 2.17. The summed E-state index contributed by atoms with van der Waals surface area (Å²) in [6.07, 6.45) is 4.98. The number of allylic oxidation sites excluding steroid dienone is 2. The maximum atomic E-state index is 10.7. The molecule has 0 saturated carbocycles. The summed E-state index contributed by atoms with van der Waals surface area (Å²) in [4.78, 5) is 11.9. The summed E-state index contributed by atoms with van der Waals surface area (Å²) in [6, 6.07) is 0. The van der Waals surface area contributed by atoms with Crippen molar-refractivity contribution in [3.63, 3.8) is 0 Å². The third-order valence-corrected chi connectivity index (χ3v) is 2.82. The summed E-state index contributed by atoms with van der Waals surface area (Å²) in [5.41, 5.74) is 0.842. The molecule has 0 N–H and O–H groups in total. The molecule has 0 saturated heterocycles. The molecule has 0 aromatic carbocycles. The van der Waals surface area contributed by atoms with Crippen LogP contribution in [0.1, 0.15) is 19.3 Å². The van der Waals surface area contributed by atoms with Gasteiger partial charge in [0.1, 0.15) is 0 Å². The second-order valence-electron chi connectivity index (χ2n) is 2.23. The predicted octanol–water partition coefficient (Wildman–Crippen LogP) is 2.55. The van der Waals surface area contributed by atoms with Crippen molar-refractivity contribution in [1.82, 2.24) is 0 Å². The summed E-state index contributed by atoms with van der Waals surface area (Å²) in [5, 5.41) is -0.262. The van der Waals surface area contributed by atoms with Crippen molar-refractivity contribution in [2.75, 3.05) is 6.26 Å². The third kappa shape index (κ3) is 1.55. The number of carbonyl (C=O) groups excluding carboxylic acids is 1. The first-order valence-electron chi connectivity index (χ1n) is 3.21. The summed E-state index contributed by atoms with van der Waals surface area (Å²) in [5.74, 6) is 0. The van der Waals surface area contributed by atoms with Crippen molar-refractivity contribution in [3.05, 3.63) is 10.5 Å². The van der Waals surface area contributed by atoms with Gasteiger partial charge in [0, 0.05) is 5.57 Å². The van der Waals surface area contributed by atoms with Gasteiger partial charge in [-0.1, -0.05) is 0 Å². The first-order valence-corrected chi connectivity index (χ1v) is 4.82. The average Bonchev–Trinajstić information content (AvgIpc) is 2.33. The molecule has 1 aliphatic carbocycles. The number of thioether (sulfide) groups is 1. The molecule has 0 bridgehead atoms. The number of carbonyl (C=O) groups is 1. The average molecular weight is 177 g/mol. The van der Waals surface area contributed by atoms with Crippen molar-refractivity contribution in [3.8, 4) is 0 Å². The molecule has 0 aromatic rings. The van der Waals surface area contributed by atoms with Crippen LogP contribution in [0.2, 0.25) is 0 Å². The SMILES string of the molecule is CSC1=C(C(=O)Cl)CCC1. The highest BCUT2D eigenvalue weighted by atomic mass is 35.5. The predicted molar refractivity (Wildman–Crippen MR) is 45.3 cm³/mol. The van der Waals surface area contributed by atoms with Crippen LogP contribution in [0, 0.1) is 0 Å². The molecule has 56 valence electrons. The smallest absolute Gasteiger partial charge is 0.249 e. The largest absolute Gasteiger partial charge is 0.276 e. The Hall–Kier alpha value is 0.0500. The highest BCUT2D eigenvalue weighted by Crippen LogP contribution is 2.33. The zero-order valence-corrected chi connectivity index (χ0v) is 7.39. The Balaban J connectivity index is 2.78. The van der Waals surface area contributed by atoms with E-state index in [1.807, 2.05) is 6.26 Å². The summed E-state index contributed by atoms with van der Waals surface area (Å²) >= 11 is 6.99. The van der Waals surface area contributed by atoms with Gasteiger partial charge < -0.3 is 0 Å². The Morgan fingerprint density at radius 1 is 1.60 bits per heavy atom. The highest BCUT2D eigenvalue weighted by molar-refractivity contribution is 8.02. The molecule has 0 atom stereocenters. The normalized spacial score (nSPS) is 18.2. The minimum absolute atomic E-state index is 0.262. The van der Waals surface area contributed by atoms with Gasteiger partial charge in [0.05, 0.1) is 0 Å². The van der Waals surface area contributed by atoms with E-state index in [0.29, 0.717) is 0 Å². The Morgan fingerprint density at radius 3 is 2.70 bits per heavy atom. The molecular formula is C7H9ClOS.